The van der Waals surface area contributed by atoms with E-state index in [9.17, 15) is 13.2 Å². The van der Waals surface area contributed by atoms with E-state index in [0.29, 0.717) is 5.69 Å². The molecule has 0 saturated heterocycles. The summed E-state index contributed by atoms with van der Waals surface area (Å²) in [5.74, 6) is 0.386. The standard InChI is InChI=1S/C24H26N2O4S/c1-17-7-5-9-21(15-17)26(3)31(28,29)23-10-6-8-20(16-23)24(27)25-18(2)19-11-13-22(30-4)14-12-19/h5-16,18H,1-4H3,(H,25,27)/t18-/m1/s1. The van der Waals surface area contributed by atoms with Crippen LogP contribution in [-0.4, -0.2) is 28.5 Å². The number of carbonyl (C=O) groups excluding carboxylic acids is 1. The Bertz CT molecular complexity index is 1170. The van der Waals surface area contributed by atoms with Crippen LogP contribution in [-0.2, 0) is 10.0 Å². The predicted molar refractivity (Wildman–Crippen MR) is 122 cm³/mol. The number of aryl methyl sites for hydroxylation is 1. The Morgan fingerprint density at radius 2 is 1.68 bits per heavy atom. The summed E-state index contributed by atoms with van der Waals surface area (Å²) in [6, 6.07) is 20.5. The molecule has 0 aliphatic carbocycles. The highest BCUT2D eigenvalue weighted by molar-refractivity contribution is 7.92. The molecule has 0 aromatic heterocycles. The van der Waals surface area contributed by atoms with Gasteiger partial charge in [-0.2, -0.15) is 0 Å². The lowest BCUT2D eigenvalue weighted by molar-refractivity contribution is 0.0939. The summed E-state index contributed by atoms with van der Waals surface area (Å²) in [6.45, 7) is 3.77. The third-order valence-corrected chi connectivity index (χ3v) is 6.86. The maximum Gasteiger partial charge on any atom is 0.264 e. The molecule has 3 rings (SSSR count). The molecule has 0 fully saturated rings. The highest BCUT2D eigenvalue weighted by atomic mass is 32.2. The summed E-state index contributed by atoms with van der Waals surface area (Å²) in [5, 5.41) is 2.91. The van der Waals surface area contributed by atoms with Crippen LogP contribution in [0.5, 0.6) is 5.75 Å². The van der Waals surface area contributed by atoms with Gasteiger partial charge in [0.1, 0.15) is 5.75 Å². The highest BCUT2D eigenvalue weighted by Crippen LogP contribution is 2.24. The quantitative estimate of drug-likeness (QED) is 0.596. The summed E-state index contributed by atoms with van der Waals surface area (Å²) < 4.78 is 32.6. The fourth-order valence-electron chi connectivity index (χ4n) is 3.17. The third-order valence-electron chi connectivity index (χ3n) is 5.08. The van der Waals surface area contributed by atoms with Gasteiger partial charge in [0, 0.05) is 12.6 Å². The summed E-state index contributed by atoms with van der Waals surface area (Å²) >= 11 is 0. The zero-order chi connectivity index (χ0) is 22.6. The predicted octanol–water partition coefficient (Wildman–Crippen LogP) is 4.32. The Balaban J connectivity index is 1.80. The van der Waals surface area contributed by atoms with Gasteiger partial charge >= 0.3 is 0 Å². The van der Waals surface area contributed by atoms with Gasteiger partial charge in [-0.05, 0) is 67.4 Å². The van der Waals surface area contributed by atoms with Crippen LogP contribution in [0.25, 0.3) is 0 Å². The topological polar surface area (TPSA) is 75.7 Å². The van der Waals surface area contributed by atoms with Gasteiger partial charge < -0.3 is 10.1 Å². The lowest BCUT2D eigenvalue weighted by Crippen LogP contribution is -2.28. The third kappa shape index (κ3) is 5.06. The molecule has 0 heterocycles. The number of nitrogens with zero attached hydrogens (tertiary/aromatic N) is 1. The number of hydrogen-bond donors (Lipinski definition) is 1. The maximum atomic E-state index is 13.1. The molecule has 0 bridgehead atoms. The molecule has 1 N–H and O–H groups in total. The fraction of sp³-hybridized carbons (Fsp3) is 0.208. The monoisotopic (exact) mass is 438 g/mol. The zero-order valence-electron chi connectivity index (χ0n) is 18.0. The number of anilines is 1. The van der Waals surface area contributed by atoms with Crippen molar-refractivity contribution in [2.75, 3.05) is 18.5 Å². The number of methoxy groups -OCH3 is 1. The molecule has 7 heteroatoms. The molecule has 31 heavy (non-hydrogen) atoms. The van der Waals surface area contributed by atoms with Gasteiger partial charge in [-0.15, -0.1) is 0 Å². The highest BCUT2D eigenvalue weighted by Gasteiger charge is 2.23. The smallest absolute Gasteiger partial charge is 0.264 e. The van der Waals surface area contributed by atoms with Crippen molar-refractivity contribution in [3.63, 3.8) is 0 Å². The summed E-state index contributed by atoms with van der Waals surface area (Å²) in [6.07, 6.45) is 0. The molecule has 3 aromatic rings. The number of benzene rings is 3. The first-order valence-corrected chi connectivity index (χ1v) is 11.3. The van der Waals surface area contributed by atoms with Crippen LogP contribution in [0, 0.1) is 6.92 Å². The van der Waals surface area contributed by atoms with E-state index in [2.05, 4.69) is 5.32 Å². The van der Waals surface area contributed by atoms with Crippen LogP contribution >= 0.6 is 0 Å². The van der Waals surface area contributed by atoms with Gasteiger partial charge in [0.15, 0.2) is 0 Å². The molecule has 3 aromatic carbocycles. The van der Waals surface area contributed by atoms with E-state index in [1.54, 1.807) is 37.4 Å². The van der Waals surface area contributed by atoms with E-state index >= 15 is 0 Å². The number of nitrogens with one attached hydrogen (secondary N) is 1. The van der Waals surface area contributed by atoms with Gasteiger partial charge in [0.05, 0.1) is 23.7 Å². The minimum absolute atomic E-state index is 0.0567. The molecule has 1 amide bonds. The number of sulfonamides is 1. The molecule has 0 saturated carbocycles. The van der Waals surface area contributed by atoms with E-state index in [0.717, 1.165) is 16.9 Å². The number of carbonyl (C=O) groups is 1. The second-order valence-corrected chi connectivity index (χ2v) is 9.28. The lowest BCUT2D eigenvalue weighted by atomic mass is 10.1. The molecule has 0 unspecified atom stereocenters. The maximum absolute atomic E-state index is 13.1. The first-order valence-electron chi connectivity index (χ1n) is 9.83. The van der Waals surface area contributed by atoms with E-state index in [-0.39, 0.29) is 22.4 Å². The van der Waals surface area contributed by atoms with Crippen molar-refractivity contribution >= 4 is 21.6 Å². The van der Waals surface area contributed by atoms with Crippen molar-refractivity contribution in [3.8, 4) is 5.75 Å². The molecule has 6 nitrogen and oxygen atoms in total. The van der Waals surface area contributed by atoms with Crippen LogP contribution in [0.2, 0.25) is 0 Å². The Kier molecular flexibility index (Phi) is 6.65. The van der Waals surface area contributed by atoms with Crippen molar-refractivity contribution in [2.45, 2.75) is 24.8 Å². The average Bonchev–Trinajstić information content (AvgIpc) is 2.78. The number of ether oxygens (including phenoxy) is 1. The van der Waals surface area contributed by atoms with Gasteiger partial charge in [-0.25, -0.2) is 8.42 Å². The summed E-state index contributed by atoms with van der Waals surface area (Å²) in [7, 11) is -0.716. The minimum Gasteiger partial charge on any atom is -0.497 e. The first-order chi connectivity index (χ1) is 14.7. The normalized spacial score (nSPS) is 12.1. The first kappa shape index (κ1) is 22.4. The molecule has 1 atom stereocenters. The second kappa shape index (κ2) is 9.22. The molecule has 0 aliphatic rings. The fourth-order valence-corrected chi connectivity index (χ4v) is 4.41. The van der Waals surface area contributed by atoms with Crippen molar-refractivity contribution in [1.29, 1.82) is 0 Å². The van der Waals surface area contributed by atoms with Gasteiger partial charge in [-0.1, -0.05) is 30.3 Å². The summed E-state index contributed by atoms with van der Waals surface area (Å²) in [4.78, 5) is 12.8. The molecule has 162 valence electrons. The largest absolute Gasteiger partial charge is 0.497 e. The Hall–Kier alpha value is -3.32. The zero-order valence-corrected chi connectivity index (χ0v) is 18.8. The minimum atomic E-state index is -3.81. The number of hydrogen-bond acceptors (Lipinski definition) is 4. The van der Waals surface area contributed by atoms with E-state index in [4.69, 9.17) is 4.74 Å². The Morgan fingerprint density at radius 3 is 2.32 bits per heavy atom. The SMILES string of the molecule is COc1ccc([C@@H](C)NC(=O)c2cccc(S(=O)(=O)N(C)c3cccc(C)c3)c2)cc1. The van der Waals surface area contributed by atoms with Gasteiger partial charge in [-0.3, -0.25) is 9.10 Å². The average molecular weight is 439 g/mol. The van der Waals surface area contributed by atoms with Crippen LogP contribution < -0.4 is 14.4 Å². The lowest BCUT2D eigenvalue weighted by Gasteiger charge is -2.20. The van der Waals surface area contributed by atoms with Gasteiger partial charge in [0.2, 0.25) is 0 Å². The molecule has 0 radical (unpaired) electrons. The molecule has 0 aliphatic heterocycles. The van der Waals surface area contributed by atoms with Crippen LogP contribution in [0.1, 0.15) is 34.5 Å². The van der Waals surface area contributed by atoms with Crippen LogP contribution in [0.15, 0.2) is 77.7 Å². The van der Waals surface area contributed by atoms with Crippen molar-refractivity contribution in [2.24, 2.45) is 0 Å². The van der Waals surface area contributed by atoms with E-state index < -0.39 is 10.0 Å². The number of amides is 1. The van der Waals surface area contributed by atoms with Crippen molar-refractivity contribution in [1.82, 2.24) is 5.32 Å². The van der Waals surface area contributed by atoms with Crippen LogP contribution in [0.4, 0.5) is 5.69 Å². The Labute approximate surface area is 183 Å². The molecule has 0 spiro atoms. The van der Waals surface area contributed by atoms with Crippen molar-refractivity contribution in [3.05, 3.63) is 89.5 Å². The van der Waals surface area contributed by atoms with Crippen LogP contribution in [0.3, 0.4) is 0 Å². The van der Waals surface area contributed by atoms with Gasteiger partial charge in [0.25, 0.3) is 15.9 Å². The number of rotatable bonds is 7. The molecular formula is C24H26N2O4S. The summed E-state index contributed by atoms with van der Waals surface area (Å²) in [5.41, 5.74) is 2.71. The van der Waals surface area contributed by atoms with E-state index in [1.165, 1.54) is 23.5 Å². The second-order valence-electron chi connectivity index (χ2n) is 7.31. The molecular weight excluding hydrogens is 412 g/mol. The van der Waals surface area contributed by atoms with Crippen molar-refractivity contribution < 1.29 is 17.9 Å². The Morgan fingerprint density at radius 1 is 1.00 bits per heavy atom. The van der Waals surface area contributed by atoms with E-state index in [1.807, 2.05) is 44.2 Å².